The van der Waals surface area contributed by atoms with E-state index in [-0.39, 0.29) is 0 Å². The van der Waals surface area contributed by atoms with Crippen molar-refractivity contribution in [2.24, 2.45) is 0 Å². The molecule has 140 valence electrons. The number of aliphatic hydroxyl groups excluding tert-OH is 1. The number of rotatable bonds is 10. The summed E-state index contributed by atoms with van der Waals surface area (Å²) >= 11 is 0. The average molecular weight is 354 g/mol. The topological polar surface area (TPSA) is 35.9 Å². The van der Waals surface area contributed by atoms with Crippen LogP contribution in [0.4, 0.5) is 8.78 Å². The van der Waals surface area contributed by atoms with E-state index in [0.717, 1.165) is 45.3 Å². The lowest BCUT2D eigenvalue weighted by Gasteiger charge is -2.31. The van der Waals surface area contributed by atoms with Gasteiger partial charge in [-0.05, 0) is 18.9 Å². The molecule has 1 aliphatic heterocycles. The van der Waals surface area contributed by atoms with Gasteiger partial charge in [0.1, 0.15) is 11.6 Å². The summed E-state index contributed by atoms with van der Waals surface area (Å²) in [6, 6.07) is 3.65. The van der Waals surface area contributed by atoms with Crippen LogP contribution in [0.1, 0.15) is 18.4 Å². The van der Waals surface area contributed by atoms with Gasteiger partial charge >= 0.3 is 0 Å². The van der Waals surface area contributed by atoms with Crippen molar-refractivity contribution in [3.63, 3.8) is 0 Å². The van der Waals surface area contributed by atoms with E-state index < -0.39 is 17.7 Å². The zero-order valence-corrected chi connectivity index (χ0v) is 14.7. The molecule has 1 fully saturated rings. The van der Waals surface area contributed by atoms with E-state index in [1.807, 2.05) is 4.90 Å². The van der Waals surface area contributed by atoms with E-state index in [9.17, 15) is 13.9 Å². The fraction of sp³-hybridized carbons (Fsp3) is 0.579. The highest BCUT2D eigenvalue weighted by Crippen LogP contribution is 2.13. The van der Waals surface area contributed by atoms with Crippen LogP contribution in [-0.2, 0) is 11.3 Å². The molecular formula is C19H28F2N2O2. The summed E-state index contributed by atoms with van der Waals surface area (Å²) in [6.07, 6.45) is 2.65. The Morgan fingerprint density at radius 3 is 2.76 bits per heavy atom. The van der Waals surface area contributed by atoms with E-state index in [1.165, 1.54) is 12.1 Å². The third-order valence-corrected chi connectivity index (χ3v) is 4.42. The molecule has 25 heavy (non-hydrogen) atoms. The predicted octanol–water partition coefficient (Wildman–Crippen LogP) is 2.43. The second-order valence-electron chi connectivity index (χ2n) is 6.44. The molecule has 1 aliphatic rings. The van der Waals surface area contributed by atoms with Crippen molar-refractivity contribution in [2.75, 3.05) is 45.9 Å². The third-order valence-electron chi connectivity index (χ3n) is 4.42. The van der Waals surface area contributed by atoms with Crippen molar-refractivity contribution < 1.29 is 18.6 Å². The highest BCUT2D eigenvalue weighted by Gasteiger charge is 2.17. The van der Waals surface area contributed by atoms with E-state index in [2.05, 4.69) is 11.5 Å². The number of benzene rings is 1. The molecule has 0 aromatic heterocycles. The van der Waals surface area contributed by atoms with Gasteiger partial charge in [-0.1, -0.05) is 12.1 Å². The summed E-state index contributed by atoms with van der Waals surface area (Å²) in [5, 5.41) is 10.2. The highest BCUT2D eigenvalue weighted by atomic mass is 19.1. The van der Waals surface area contributed by atoms with Gasteiger partial charge in [0.2, 0.25) is 0 Å². The third kappa shape index (κ3) is 7.20. The normalized spacial score (nSPS) is 17.0. The molecule has 1 unspecified atom stereocenters. The van der Waals surface area contributed by atoms with Crippen molar-refractivity contribution in [3.05, 3.63) is 48.1 Å². The molecule has 1 atom stereocenters. The molecule has 0 bridgehead atoms. The fourth-order valence-corrected chi connectivity index (χ4v) is 2.93. The molecule has 0 spiro atoms. The minimum Gasteiger partial charge on any atom is -0.392 e. The summed E-state index contributed by atoms with van der Waals surface area (Å²) in [4.78, 5) is 4.33. The number of allylic oxidation sites excluding steroid dienone is 1. The van der Waals surface area contributed by atoms with Gasteiger partial charge in [0.15, 0.2) is 0 Å². The Bertz CT molecular complexity index is 536. The maximum Gasteiger partial charge on any atom is 0.130 e. The standard InChI is InChI=1S/C19H28F2N2O2/c1-2-3-4-18(24)15-23(8-7-22-9-11-25-12-10-22)14-16-5-6-17(20)13-19(16)21/h2,5-6,13,18,24H,1,3-4,7-12,14-15H2. The smallest absolute Gasteiger partial charge is 0.130 e. The monoisotopic (exact) mass is 354 g/mol. The Labute approximate surface area is 148 Å². The highest BCUT2D eigenvalue weighted by molar-refractivity contribution is 5.18. The predicted molar refractivity (Wildman–Crippen MR) is 94.3 cm³/mol. The number of halogens is 2. The first kappa shape index (κ1) is 20.0. The molecule has 1 aromatic carbocycles. The van der Waals surface area contributed by atoms with Gasteiger partial charge in [0, 0.05) is 50.9 Å². The van der Waals surface area contributed by atoms with Gasteiger partial charge in [-0.2, -0.15) is 0 Å². The summed E-state index contributed by atoms with van der Waals surface area (Å²) in [5.41, 5.74) is 0.444. The van der Waals surface area contributed by atoms with Crippen LogP contribution >= 0.6 is 0 Å². The molecule has 6 heteroatoms. The Morgan fingerprint density at radius 2 is 2.08 bits per heavy atom. The lowest BCUT2D eigenvalue weighted by atomic mass is 10.1. The first-order valence-corrected chi connectivity index (χ1v) is 8.84. The van der Waals surface area contributed by atoms with Gasteiger partial charge < -0.3 is 9.84 Å². The van der Waals surface area contributed by atoms with Crippen LogP contribution in [0.2, 0.25) is 0 Å². The molecule has 0 radical (unpaired) electrons. The minimum absolute atomic E-state index is 0.349. The molecular weight excluding hydrogens is 326 g/mol. The molecule has 0 amide bonds. The molecule has 4 nitrogen and oxygen atoms in total. The largest absolute Gasteiger partial charge is 0.392 e. The summed E-state index contributed by atoms with van der Waals surface area (Å²) < 4.78 is 32.4. The second-order valence-corrected chi connectivity index (χ2v) is 6.44. The second kappa shape index (κ2) is 10.6. The Balaban J connectivity index is 1.95. The van der Waals surface area contributed by atoms with Crippen LogP contribution in [0.3, 0.4) is 0 Å². The Morgan fingerprint density at radius 1 is 1.32 bits per heavy atom. The van der Waals surface area contributed by atoms with E-state index in [0.29, 0.717) is 31.6 Å². The van der Waals surface area contributed by atoms with Gasteiger partial charge in [0.05, 0.1) is 19.3 Å². The van der Waals surface area contributed by atoms with Gasteiger partial charge in [-0.3, -0.25) is 9.80 Å². The number of ether oxygens (including phenoxy) is 1. The number of morpholine rings is 1. The number of hydrogen-bond donors (Lipinski definition) is 1. The molecule has 1 heterocycles. The first-order chi connectivity index (χ1) is 12.1. The van der Waals surface area contributed by atoms with Crippen LogP contribution in [0, 0.1) is 11.6 Å². The zero-order chi connectivity index (χ0) is 18.1. The number of aliphatic hydroxyl groups is 1. The van der Waals surface area contributed by atoms with Crippen LogP contribution in [0.5, 0.6) is 0 Å². The van der Waals surface area contributed by atoms with E-state index in [4.69, 9.17) is 4.74 Å². The van der Waals surface area contributed by atoms with Gasteiger partial charge in [-0.15, -0.1) is 6.58 Å². The first-order valence-electron chi connectivity index (χ1n) is 8.84. The quantitative estimate of drug-likeness (QED) is 0.655. The van der Waals surface area contributed by atoms with E-state index >= 15 is 0 Å². The summed E-state index contributed by atoms with van der Waals surface area (Å²) in [6.45, 7) is 9.25. The molecule has 1 aromatic rings. The Kier molecular flexibility index (Phi) is 8.48. The van der Waals surface area contributed by atoms with Crippen LogP contribution in [-0.4, -0.2) is 66.9 Å². The lowest BCUT2D eigenvalue weighted by molar-refractivity contribution is 0.0287. The minimum atomic E-state index is -0.577. The van der Waals surface area contributed by atoms with Crippen molar-refractivity contribution in [2.45, 2.75) is 25.5 Å². The van der Waals surface area contributed by atoms with Gasteiger partial charge in [-0.25, -0.2) is 8.78 Å². The average Bonchev–Trinajstić information content (AvgIpc) is 2.61. The van der Waals surface area contributed by atoms with Crippen LogP contribution in [0.25, 0.3) is 0 Å². The van der Waals surface area contributed by atoms with Crippen LogP contribution in [0.15, 0.2) is 30.9 Å². The maximum atomic E-state index is 14.0. The van der Waals surface area contributed by atoms with Gasteiger partial charge in [0.25, 0.3) is 0 Å². The lowest BCUT2D eigenvalue weighted by Crippen LogP contribution is -2.43. The number of nitrogens with zero attached hydrogens (tertiary/aromatic N) is 2. The van der Waals surface area contributed by atoms with Crippen molar-refractivity contribution >= 4 is 0 Å². The molecule has 0 aliphatic carbocycles. The summed E-state index contributed by atoms with van der Waals surface area (Å²) in [7, 11) is 0. The van der Waals surface area contributed by atoms with Crippen molar-refractivity contribution in [3.8, 4) is 0 Å². The number of hydrogen-bond acceptors (Lipinski definition) is 4. The van der Waals surface area contributed by atoms with Crippen LogP contribution < -0.4 is 0 Å². The van der Waals surface area contributed by atoms with E-state index in [1.54, 1.807) is 6.08 Å². The fourth-order valence-electron chi connectivity index (χ4n) is 2.93. The SMILES string of the molecule is C=CCCC(O)CN(CCN1CCOCC1)Cc1ccc(F)cc1F. The maximum absolute atomic E-state index is 14.0. The molecule has 1 N–H and O–H groups in total. The Hall–Kier alpha value is -1.34. The molecule has 0 saturated carbocycles. The zero-order valence-electron chi connectivity index (χ0n) is 14.7. The molecule has 1 saturated heterocycles. The molecule has 2 rings (SSSR count). The van der Waals surface area contributed by atoms with Crippen molar-refractivity contribution in [1.29, 1.82) is 0 Å². The summed E-state index contributed by atoms with van der Waals surface area (Å²) in [5.74, 6) is -1.12. The van der Waals surface area contributed by atoms with Crippen molar-refractivity contribution in [1.82, 2.24) is 9.80 Å².